The van der Waals surface area contributed by atoms with Gasteiger partial charge in [0.2, 0.25) is 0 Å². The quantitative estimate of drug-likeness (QED) is 0.811. The molecule has 7 heteroatoms. The lowest BCUT2D eigenvalue weighted by Gasteiger charge is -2.02. The fourth-order valence-corrected chi connectivity index (χ4v) is 2.06. The van der Waals surface area contributed by atoms with Crippen molar-refractivity contribution in [1.29, 1.82) is 0 Å². The van der Waals surface area contributed by atoms with Gasteiger partial charge in [0.25, 0.3) is 0 Å². The van der Waals surface area contributed by atoms with Gasteiger partial charge in [-0.05, 0) is 6.92 Å². The molecule has 0 saturated heterocycles. The van der Waals surface area contributed by atoms with Crippen molar-refractivity contribution in [2.24, 2.45) is 0 Å². The number of imidazole rings is 1. The molecule has 0 unspecified atom stereocenters. The van der Waals surface area contributed by atoms with Gasteiger partial charge in [0.1, 0.15) is 0 Å². The Morgan fingerprint density at radius 1 is 1.59 bits per heavy atom. The zero-order valence-electron chi connectivity index (χ0n) is 9.28. The average Bonchev–Trinajstić information content (AvgIpc) is 2.94. The second-order valence-electron chi connectivity index (χ2n) is 3.32. The molecule has 2 aromatic rings. The molecular weight excluding hydrogens is 240 g/mol. The Balaban J connectivity index is 2.20. The smallest absolute Gasteiger partial charge is 0.313 e. The van der Waals surface area contributed by atoms with E-state index in [-0.39, 0.29) is 5.75 Å². The molecule has 2 rings (SSSR count). The third-order valence-electron chi connectivity index (χ3n) is 2.15. The van der Waals surface area contributed by atoms with Gasteiger partial charge in [0.05, 0.1) is 17.6 Å². The highest BCUT2D eigenvalue weighted by Crippen LogP contribution is 2.19. The zero-order valence-corrected chi connectivity index (χ0v) is 10.1. The van der Waals surface area contributed by atoms with Gasteiger partial charge in [-0.3, -0.25) is 14.0 Å². The first-order chi connectivity index (χ1) is 8.20. The summed E-state index contributed by atoms with van der Waals surface area (Å²) in [6.45, 7) is 2.80. The molecule has 0 aliphatic heterocycles. The van der Waals surface area contributed by atoms with Crippen molar-refractivity contribution in [2.45, 2.75) is 18.6 Å². The fraction of sp³-hybridized carbons (Fsp3) is 0.300. The Labute approximate surface area is 102 Å². The largest absolute Gasteiger partial charge is 0.481 e. The van der Waals surface area contributed by atoms with Crippen LogP contribution in [0.5, 0.6) is 0 Å². The summed E-state index contributed by atoms with van der Waals surface area (Å²) < 4.78 is 3.63. The van der Waals surface area contributed by atoms with E-state index in [1.54, 1.807) is 23.3 Å². The van der Waals surface area contributed by atoms with Gasteiger partial charge < -0.3 is 5.11 Å². The van der Waals surface area contributed by atoms with Crippen LogP contribution in [0.15, 0.2) is 29.9 Å². The van der Waals surface area contributed by atoms with Crippen molar-refractivity contribution >= 4 is 17.7 Å². The minimum Gasteiger partial charge on any atom is -0.481 e. The molecule has 0 aromatic carbocycles. The van der Waals surface area contributed by atoms with Gasteiger partial charge in [0.15, 0.2) is 5.16 Å². The van der Waals surface area contributed by atoms with Crippen molar-refractivity contribution in [2.75, 3.05) is 5.75 Å². The van der Waals surface area contributed by atoms with Gasteiger partial charge in [-0.1, -0.05) is 11.8 Å². The molecule has 6 nitrogen and oxygen atoms in total. The van der Waals surface area contributed by atoms with E-state index in [2.05, 4.69) is 10.1 Å². The van der Waals surface area contributed by atoms with E-state index in [0.29, 0.717) is 5.16 Å². The number of carbonyl (C=O) groups is 1. The fourth-order valence-electron chi connectivity index (χ4n) is 1.37. The van der Waals surface area contributed by atoms with Crippen LogP contribution in [0.4, 0.5) is 0 Å². The molecule has 0 saturated carbocycles. The van der Waals surface area contributed by atoms with Crippen LogP contribution >= 0.6 is 11.8 Å². The standard InChI is InChI=1S/C10H12N4O2S/c1-2-13-6-8(5-12-13)14-4-3-11-10(14)17-7-9(15)16/h3-6H,2,7H2,1H3,(H,15,16). The Morgan fingerprint density at radius 2 is 2.41 bits per heavy atom. The minimum absolute atomic E-state index is 0.00106. The molecule has 2 heterocycles. The number of thioether (sulfide) groups is 1. The van der Waals surface area contributed by atoms with Gasteiger partial charge in [-0.15, -0.1) is 0 Å². The third-order valence-corrected chi connectivity index (χ3v) is 3.10. The Morgan fingerprint density at radius 3 is 3.06 bits per heavy atom. The van der Waals surface area contributed by atoms with Crippen molar-refractivity contribution in [3.8, 4) is 5.69 Å². The van der Waals surface area contributed by atoms with Gasteiger partial charge in [0, 0.05) is 25.1 Å². The predicted octanol–water partition coefficient (Wildman–Crippen LogP) is 1.27. The van der Waals surface area contributed by atoms with E-state index in [0.717, 1.165) is 12.2 Å². The molecule has 90 valence electrons. The maximum atomic E-state index is 10.5. The number of hydrogen-bond donors (Lipinski definition) is 1. The molecule has 0 spiro atoms. The zero-order chi connectivity index (χ0) is 12.3. The van der Waals surface area contributed by atoms with Crippen molar-refractivity contribution in [1.82, 2.24) is 19.3 Å². The number of rotatable bonds is 5. The number of aryl methyl sites for hydroxylation is 1. The van der Waals surface area contributed by atoms with Crippen LogP contribution in [0.2, 0.25) is 0 Å². The van der Waals surface area contributed by atoms with E-state index in [9.17, 15) is 4.79 Å². The van der Waals surface area contributed by atoms with Crippen LogP contribution in [-0.2, 0) is 11.3 Å². The lowest BCUT2D eigenvalue weighted by Crippen LogP contribution is -2.01. The maximum Gasteiger partial charge on any atom is 0.313 e. The molecule has 0 aliphatic rings. The molecule has 1 N–H and O–H groups in total. The number of aromatic nitrogens is 4. The third kappa shape index (κ3) is 2.68. The normalized spacial score (nSPS) is 10.6. The van der Waals surface area contributed by atoms with E-state index in [1.807, 2.05) is 17.7 Å². The Bertz CT molecular complexity index is 520. The first kappa shape index (κ1) is 11.7. The van der Waals surface area contributed by atoms with E-state index >= 15 is 0 Å². The number of aliphatic carboxylic acids is 1. The van der Waals surface area contributed by atoms with Crippen LogP contribution in [0.25, 0.3) is 5.69 Å². The molecular formula is C10H12N4O2S. The molecule has 0 aliphatic carbocycles. The van der Waals surface area contributed by atoms with Gasteiger partial charge >= 0.3 is 5.97 Å². The first-order valence-electron chi connectivity index (χ1n) is 5.11. The summed E-state index contributed by atoms with van der Waals surface area (Å²) in [5.74, 6) is -0.854. The Kier molecular flexibility index (Phi) is 3.48. The minimum atomic E-state index is -0.853. The summed E-state index contributed by atoms with van der Waals surface area (Å²) >= 11 is 1.19. The first-order valence-corrected chi connectivity index (χ1v) is 6.10. The van der Waals surface area contributed by atoms with Crippen molar-refractivity contribution < 1.29 is 9.90 Å². The van der Waals surface area contributed by atoms with Crippen molar-refractivity contribution in [3.63, 3.8) is 0 Å². The van der Waals surface area contributed by atoms with Crippen LogP contribution in [0.3, 0.4) is 0 Å². The summed E-state index contributed by atoms with van der Waals surface area (Å²) in [5, 5.41) is 13.5. The number of carboxylic acids is 1. The second kappa shape index (κ2) is 5.05. The molecule has 0 radical (unpaired) electrons. The van der Waals surface area contributed by atoms with Crippen LogP contribution in [0.1, 0.15) is 6.92 Å². The molecule has 17 heavy (non-hydrogen) atoms. The highest BCUT2D eigenvalue weighted by molar-refractivity contribution is 7.99. The molecule has 0 bridgehead atoms. The van der Waals surface area contributed by atoms with Crippen LogP contribution in [-0.4, -0.2) is 36.2 Å². The highest BCUT2D eigenvalue weighted by Gasteiger charge is 2.09. The van der Waals surface area contributed by atoms with Crippen LogP contribution in [0, 0.1) is 0 Å². The van der Waals surface area contributed by atoms with E-state index in [1.165, 1.54) is 11.8 Å². The monoisotopic (exact) mass is 252 g/mol. The summed E-state index contributed by atoms with van der Waals surface area (Å²) in [6.07, 6.45) is 7.07. The molecule has 0 atom stereocenters. The van der Waals surface area contributed by atoms with Crippen molar-refractivity contribution in [3.05, 3.63) is 24.8 Å². The summed E-state index contributed by atoms with van der Waals surface area (Å²) in [7, 11) is 0. The molecule has 0 fully saturated rings. The van der Waals surface area contributed by atoms with Gasteiger partial charge in [-0.2, -0.15) is 5.10 Å². The molecule has 2 aromatic heterocycles. The molecule has 0 amide bonds. The number of hydrogen-bond acceptors (Lipinski definition) is 4. The van der Waals surface area contributed by atoms with E-state index < -0.39 is 5.97 Å². The topological polar surface area (TPSA) is 72.9 Å². The maximum absolute atomic E-state index is 10.5. The lowest BCUT2D eigenvalue weighted by molar-refractivity contribution is -0.133. The average molecular weight is 252 g/mol. The summed E-state index contributed by atoms with van der Waals surface area (Å²) in [4.78, 5) is 14.6. The number of carboxylic acid groups (broad SMARTS) is 1. The summed E-state index contributed by atoms with van der Waals surface area (Å²) in [5.41, 5.74) is 0.886. The van der Waals surface area contributed by atoms with E-state index in [4.69, 9.17) is 5.11 Å². The summed E-state index contributed by atoms with van der Waals surface area (Å²) in [6, 6.07) is 0. The second-order valence-corrected chi connectivity index (χ2v) is 4.26. The Hall–Kier alpha value is -1.76. The van der Waals surface area contributed by atoms with Gasteiger partial charge in [-0.25, -0.2) is 4.98 Å². The van der Waals surface area contributed by atoms with Crippen LogP contribution < -0.4 is 0 Å². The lowest BCUT2D eigenvalue weighted by atomic mass is 10.5. The predicted molar refractivity (Wildman–Crippen MR) is 63.4 cm³/mol. The highest BCUT2D eigenvalue weighted by atomic mass is 32.2. The SMILES string of the molecule is CCn1cc(-n2ccnc2SCC(=O)O)cn1. The number of nitrogens with zero attached hydrogens (tertiary/aromatic N) is 4.